The van der Waals surface area contributed by atoms with Crippen LogP contribution in [0.4, 0.5) is 0 Å². The zero-order chi connectivity index (χ0) is 11.9. The quantitative estimate of drug-likeness (QED) is 0.851. The van der Waals surface area contributed by atoms with Crippen LogP contribution in [0.25, 0.3) is 0 Å². The molecule has 0 atom stereocenters. The second-order valence-electron chi connectivity index (χ2n) is 5.04. The number of phenolic OH excluding ortho intramolecular Hbond substituents is 1. The van der Waals surface area contributed by atoms with Crippen molar-refractivity contribution < 1.29 is 5.11 Å². The van der Waals surface area contributed by atoms with Gasteiger partial charge in [0, 0.05) is 17.5 Å². The van der Waals surface area contributed by atoms with Crippen LogP contribution in [-0.4, -0.2) is 11.7 Å². The van der Waals surface area contributed by atoms with Gasteiger partial charge >= 0.3 is 0 Å². The Kier molecular flexibility index (Phi) is 2.89. The van der Waals surface area contributed by atoms with Crippen LogP contribution in [0.2, 0.25) is 5.02 Å². The van der Waals surface area contributed by atoms with Crippen molar-refractivity contribution in [1.82, 2.24) is 0 Å². The molecule has 0 saturated heterocycles. The zero-order valence-corrected chi connectivity index (χ0v) is 10.5. The fraction of sp³-hybridized carbons (Fsp3) is 0.538. The molecule has 1 saturated carbocycles. The van der Waals surface area contributed by atoms with E-state index in [9.17, 15) is 5.11 Å². The van der Waals surface area contributed by atoms with Gasteiger partial charge in [0.1, 0.15) is 5.75 Å². The molecule has 0 amide bonds. The van der Waals surface area contributed by atoms with E-state index in [2.05, 4.69) is 19.9 Å². The Morgan fingerprint density at radius 2 is 2.06 bits per heavy atom. The summed E-state index contributed by atoms with van der Waals surface area (Å²) in [7, 11) is 0. The van der Waals surface area contributed by atoms with Gasteiger partial charge in [-0.2, -0.15) is 0 Å². The van der Waals surface area contributed by atoms with Crippen molar-refractivity contribution in [3.05, 3.63) is 28.3 Å². The third-order valence-corrected chi connectivity index (χ3v) is 3.86. The maximum Gasteiger partial charge on any atom is 0.137 e. The number of nitrogens with two attached hydrogens (primary N) is 1. The summed E-state index contributed by atoms with van der Waals surface area (Å²) in [5, 5.41) is 10.5. The van der Waals surface area contributed by atoms with Crippen molar-refractivity contribution in [2.75, 3.05) is 6.54 Å². The van der Waals surface area contributed by atoms with Crippen molar-refractivity contribution in [3.8, 4) is 5.75 Å². The molecule has 1 aliphatic rings. The van der Waals surface area contributed by atoms with Gasteiger partial charge < -0.3 is 10.8 Å². The van der Waals surface area contributed by atoms with Gasteiger partial charge in [-0.05, 0) is 30.4 Å². The zero-order valence-electron chi connectivity index (χ0n) is 9.76. The first-order chi connectivity index (χ1) is 7.50. The van der Waals surface area contributed by atoms with Gasteiger partial charge in [-0.15, -0.1) is 0 Å². The number of benzene rings is 1. The number of aromatic hydroxyl groups is 1. The molecule has 0 spiro atoms. The Labute approximate surface area is 101 Å². The highest BCUT2D eigenvalue weighted by atomic mass is 35.5. The minimum Gasteiger partial charge on any atom is -0.506 e. The van der Waals surface area contributed by atoms with Gasteiger partial charge in [-0.25, -0.2) is 0 Å². The van der Waals surface area contributed by atoms with Gasteiger partial charge in [-0.3, -0.25) is 0 Å². The molecule has 3 heteroatoms. The predicted molar refractivity (Wildman–Crippen MR) is 67.2 cm³/mol. The summed E-state index contributed by atoms with van der Waals surface area (Å²) in [6, 6.07) is 3.91. The minimum absolute atomic E-state index is 0.0153. The molecule has 88 valence electrons. The topological polar surface area (TPSA) is 46.2 Å². The average Bonchev–Trinajstić information content (AvgIpc) is 3.02. The van der Waals surface area contributed by atoms with Crippen molar-refractivity contribution in [1.29, 1.82) is 0 Å². The molecule has 2 rings (SSSR count). The number of rotatable bonds is 3. The summed E-state index contributed by atoms with van der Waals surface area (Å²) < 4.78 is 0. The largest absolute Gasteiger partial charge is 0.506 e. The second kappa shape index (κ2) is 3.94. The van der Waals surface area contributed by atoms with E-state index >= 15 is 0 Å². The molecule has 0 radical (unpaired) electrons. The minimum atomic E-state index is -0.0153. The maximum absolute atomic E-state index is 10.0. The van der Waals surface area contributed by atoms with E-state index in [1.807, 2.05) is 6.07 Å². The van der Waals surface area contributed by atoms with Crippen LogP contribution in [0.1, 0.15) is 43.7 Å². The van der Waals surface area contributed by atoms with E-state index in [-0.39, 0.29) is 11.2 Å². The standard InChI is InChI=1S/C13H18ClNO/c1-8(2)9-5-10(12(16)11(14)6-9)13(7-15)3-4-13/h5-6,8,16H,3-4,7,15H2,1-2H3. The smallest absolute Gasteiger partial charge is 0.137 e. The maximum atomic E-state index is 10.0. The van der Waals surface area contributed by atoms with Crippen LogP contribution in [0, 0.1) is 0 Å². The SMILES string of the molecule is CC(C)c1cc(Cl)c(O)c(C2(CN)CC2)c1. The van der Waals surface area contributed by atoms with Crippen molar-refractivity contribution in [3.63, 3.8) is 0 Å². The highest BCUT2D eigenvalue weighted by Crippen LogP contribution is 2.52. The Morgan fingerprint density at radius 3 is 2.50 bits per heavy atom. The Bertz CT molecular complexity index is 411. The van der Waals surface area contributed by atoms with E-state index in [0.717, 1.165) is 24.0 Å². The summed E-state index contributed by atoms with van der Waals surface area (Å²) >= 11 is 6.06. The van der Waals surface area contributed by atoms with Crippen molar-refractivity contribution in [2.45, 2.75) is 38.0 Å². The predicted octanol–water partition coefficient (Wildman–Crippen LogP) is 3.16. The van der Waals surface area contributed by atoms with Crippen LogP contribution in [0.5, 0.6) is 5.75 Å². The second-order valence-corrected chi connectivity index (χ2v) is 5.45. The highest BCUT2D eigenvalue weighted by molar-refractivity contribution is 6.32. The molecule has 1 fully saturated rings. The van der Waals surface area contributed by atoms with Crippen LogP contribution < -0.4 is 5.73 Å². The van der Waals surface area contributed by atoms with E-state index in [4.69, 9.17) is 17.3 Å². The van der Waals surface area contributed by atoms with Gasteiger partial charge in [0.2, 0.25) is 0 Å². The lowest BCUT2D eigenvalue weighted by atomic mass is 9.90. The van der Waals surface area contributed by atoms with E-state index in [0.29, 0.717) is 17.5 Å². The Balaban J connectivity index is 2.52. The number of halogens is 1. The van der Waals surface area contributed by atoms with Crippen molar-refractivity contribution >= 4 is 11.6 Å². The monoisotopic (exact) mass is 239 g/mol. The molecular weight excluding hydrogens is 222 g/mol. The summed E-state index contributed by atoms with van der Waals surface area (Å²) in [5.74, 6) is 0.624. The summed E-state index contributed by atoms with van der Waals surface area (Å²) in [6.07, 6.45) is 2.10. The first kappa shape index (κ1) is 11.7. The lowest BCUT2D eigenvalue weighted by Crippen LogP contribution is -2.20. The van der Waals surface area contributed by atoms with E-state index in [1.54, 1.807) is 0 Å². The molecule has 16 heavy (non-hydrogen) atoms. The van der Waals surface area contributed by atoms with Crippen molar-refractivity contribution in [2.24, 2.45) is 5.73 Å². The summed E-state index contributed by atoms with van der Waals surface area (Å²) in [5.41, 5.74) is 7.88. The van der Waals surface area contributed by atoms with Gasteiger partial charge in [0.15, 0.2) is 0 Å². The number of phenols is 1. The molecule has 1 aromatic carbocycles. The molecule has 0 aromatic heterocycles. The molecule has 3 N–H and O–H groups in total. The molecular formula is C13H18ClNO. The van der Waals surface area contributed by atoms with Gasteiger partial charge in [-0.1, -0.05) is 31.5 Å². The van der Waals surface area contributed by atoms with Crippen LogP contribution in [0.3, 0.4) is 0 Å². The normalized spacial score (nSPS) is 17.8. The Morgan fingerprint density at radius 1 is 1.44 bits per heavy atom. The van der Waals surface area contributed by atoms with E-state index in [1.165, 1.54) is 0 Å². The van der Waals surface area contributed by atoms with Crippen LogP contribution in [-0.2, 0) is 5.41 Å². The third-order valence-electron chi connectivity index (χ3n) is 3.57. The highest BCUT2D eigenvalue weighted by Gasteiger charge is 2.45. The van der Waals surface area contributed by atoms with Gasteiger partial charge in [0.25, 0.3) is 0 Å². The van der Waals surface area contributed by atoms with E-state index < -0.39 is 0 Å². The molecule has 0 bridgehead atoms. The molecule has 0 aliphatic heterocycles. The fourth-order valence-electron chi connectivity index (χ4n) is 2.09. The number of hydrogen-bond acceptors (Lipinski definition) is 2. The average molecular weight is 240 g/mol. The summed E-state index contributed by atoms with van der Waals surface area (Å²) in [4.78, 5) is 0. The fourth-order valence-corrected chi connectivity index (χ4v) is 2.32. The first-order valence-corrected chi connectivity index (χ1v) is 6.11. The molecule has 1 aliphatic carbocycles. The lowest BCUT2D eigenvalue weighted by Gasteiger charge is -2.18. The van der Waals surface area contributed by atoms with Crippen LogP contribution in [0.15, 0.2) is 12.1 Å². The summed E-state index contributed by atoms with van der Waals surface area (Å²) in [6.45, 7) is 4.82. The van der Waals surface area contributed by atoms with Gasteiger partial charge in [0.05, 0.1) is 5.02 Å². The number of hydrogen-bond donors (Lipinski definition) is 2. The van der Waals surface area contributed by atoms with Crippen LogP contribution >= 0.6 is 11.6 Å². The molecule has 0 unspecified atom stereocenters. The lowest BCUT2D eigenvalue weighted by molar-refractivity contribution is 0.458. The first-order valence-electron chi connectivity index (χ1n) is 5.73. The molecule has 0 heterocycles. The molecule has 1 aromatic rings. The molecule has 2 nitrogen and oxygen atoms in total. The third kappa shape index (κ3) is 1.80. The Hall–Kier alpha value is -0.730.